The summed E-state index contributed by atoms with van der Waals surface area (Å²) in [6.07, 6.45) is 4.24. The second-order valence-corrected chi connectivity index (χ2v) is 2.57. The first-order valence-electron chi connectivity index (χ1n) is 3.61. The maximum absolute atomic E-state index is 6.75. The summed E-state index contributed by atoms with van der Waals surface area (Å²) in [6, 6.07) is 3.78. The van der Waals surface area contributed by atoms with Gasteiger partial charge in [-0.25, -0.2) is 0 Å². The SMILES string of the molecule is [C-]#[N+]c1ccc2c(n1)[CH-]CC2.[Y]. The van der Waals surface area contributed by atoms with Gasteiger partial charge in [-0.05, 0) is 5.69 Å². The van der Waals surface area contributed by atoms with Crippen LogP contribution in [0.25, 0.3) is 4.85 Å². The van der Waals surface area contributed by atoms with E-state index in [4.69, 9.17) is 6.57 Å². The molecule has 57 valence electrons. The minimum atomic E-state index is 0. The Hall–Kier alpha value is -0.386. The fourth-order valence-corrected chi connectivity index (χ4v) is 1.31. The number of pyridine rings is 1. The summed E-state index contributed by atoms with van der Waals surface area (Å²) in [7, 11) is 0. The maximum atomic E-state index is 6.75. The van der Waals surface area contributed by atoms with E-state index < -0.39 is 0 Å². The van der Waals surface area contributed by atoms with E-state index >= 15 is 0 Å². The van der Waals surface area contributed by atoms with E-state index in [0.29, 0.717) is 5.82 Å². The first-order chi connectivity index (χ1) is 5.40. The predicted octanol–water partition coefficient (Wildman–Crippen LogP) is 2.13. The van der Waals surface area contributed by atoms with Gasteiger partial charge < -0.3 is 4.85 Å². The molecule has 0 atom stereocenters. The summed E-state index contributed by atoms with van der Waals surface area (Å²) in [6.45, 7) is 6.75. The van der Waals surface area contributed by atoms with Crippen LogP contribution in [0.5, 0.6) is 0 Å². The first-order valence-corrected chi connectivity index (χ1v) is 3.61. The van der Waals surface area contributed by atoms with Gasteiger partial charge in [-0.3, -0.25) is 0 Å². The minimum absolute atomic E-state index is 0. The van der Waals surface area contributed by atoms with Crippen molar-refractivity contribution in [1.29, 1.82) is 0 Å². The quantitative estimate of drug-likeness (QED) is 0.626. The van der Waals surface area contributed by atoms with Crippen LogP contribution in [0.3, 0.4) is 0 Å². The van der Waals surface area contributed by atoms with Crippen LogP contribution in [0.15, 0.2) is 12.1 Å². The number of aryl methyl sites for hydroxylation is 1. The number of rotatable bonds is 0. The summed E-state index contributed by atoms with van der Waals surface area (Å²) in [5.74, 6) is 0.502. The molecular weight excluding hydrogens is 225 g/mol. The third-order valence-electron chi connectivity index (χ3n) is 1.86. The van der Waals surface area contributed by atoms with Crippen molar-refractivity contribution in [2.75, 3.05) is 0 Å². The molecule has 0 amide bonds. The molecule has 0 bridgehead atoms. The van der Waals surface area contributed by atoms with Crippen molar-refractivity contribution in [1.82, 2.24) is 4.98 Å². The molecule has 1 aliphatic carbocycles. The molecule has 0 N–H and O–H groups in total. The van der Waals surface area contributed by atoms with Crippen LogP contribution in [-0.4, -0.2) is 4.98 Å². The van der Waals surface area contributed by atoms with Gasteiger partial charge in [0, 0.05) is 32.7 Å². The molecule has 0 saturated carbocycles. The number of hydrogen-bond acceptors (Lipinski definition) is 1. The van der Waals surface area contributed by atoms with Gasteiger partial charge in [0.2, 0.25) is 0 Å². The maximum Gasteiger partial charge on any atom is 0.265 e. The van der Waals surface area contributed by atoms with Gasteiger partial charge in [0.1, 0.15) is 0 Å². The molecule has 1 aromatic heterocycles. The number of hydrogen-bond donors (Lipinski definition) is 0. The summed E-state index contributed by atoms with van der Waals surface area (Å²) >= 11 is 0. The molecule has 1 heterocycles. The van der Waals surface area contributed by atoms with Crippen molar-refractivity contribution < 1.29 is 32.7 Å². The van der Waals surface area contributed by atoms with Crippen LogP contribution in [0.4, 0.5) is 5.82 Å². The zero-order valence-electron chi connectivity index (χ0n) is 6.62. The summed E-state index contributed by atoms with van der Waals surface area (Å²) < 4.78 is 0. The topological polar surface area (TPSA) is 17.2 Å². The van der Waals surface area contributed by atoms with Crippen LogP contribution >= 0.6 is 0 Å². The van der Waals surface area contributed by atoms with Crippen LogP contribution in [0, 0.1) is 13.0 Å². The number of nitrogens with zero attached hydrogens (tertiary/aromatic N) is 2. The summed E-state index contributed by atoms with van der Waals surface area (Å²) in [4.78, 5) is 7.43. The molecule has 0 fully saturated rings. The van der Waals surface area contributed by atoms with Crippen LogP contribution < -0.4 is 0 Å². The van der Waals surface area contributed by atoms with E-state index in [0.717, 1.165) is 18.5 Å². The Labute approximate surface area is 97.1 Å². The zero-order chi connectivity index (χ0) is 7.68. The van der Waals surface area contributed by atoms with Crippen LogP contribution in [0.2, 0.25) is 0 Å². The van der Waals surface area contributed by atoms with Crippen molar-refractivity contribution in [3.05, 3.63) is 41.2 Å². The molecular formula is C9H7N2Y-. The van der Waals surface area contributed by atoms with E-state index in [1.165, 1.54) is 5.56 Å². The van der Waals surface area contributed by atoms with Crippen LogP contribution in [0.1, 0.15) is 17.7 Å². The number of aromatic nitrogens is 1. The number of fused-ring (bicyclic) bond motifs is 1. The molecule has 0 saturated heterocycles. The molecule has 3 heteroatoms. The summed E-state index contributed by atoms with van der Waals surface area (Å²) in [5.41, 5.74) is 2.29. The molecule has 0 spiro atoms. The van der Waals surface area contributed by atoms with Crippen LogP contribution in [-0.2, 0) is 39.1 Å². The Kier molecular flexibility index (Phi) is 3.25. The van der Waals surface area contributed by atoms with E-state index in [9.17, 15) is 0 Å². The van der Waals surface area contributed by atoms with Crippen molar-refractivity contribution in [3.8, 4) is 0 Å². The van der Waals surface area contributed by atoms with E-state index in [-0.39, 0.29) is 32.7 Å². The monoisotopic (exact) mass is 232 g/mol. The van der Waals surface area contributed by atoms with Gasteiger partial charge in [0.05, 0.1) is 0 Å². The minimum Gasteiger partial charge on any atom is -0.361 e. The smallest absolute Gasteiger partial charge is 0.265 e. The van der Waals surface area contributed by atoms with Gasteiger partial charge >= 0.3 is 0 Å². The Balaban J connectivity index is 0.000000720. The van der Waals surface area contributed by atoms with E-state index in [1.54, 1.807) is 6.07 Å². The van der Waals surface area contributed by atoms with Gasteiger partial charge in [0.25, 0.3) is 5.82 Å². The largest absolute Gasteiger partial charge is 0.361 e. The van der Waals surface area contributed by atoms with E-state index in [2.05, 4.69) is 16.2 Å². The third kappa shape index (κ3) is 1.68. The Morgan fingerprint density at radius 1 is 1.50 bits per heavy atom. The third-order valence-corrected chi connectivity index (χ3v) is 1.86. The predicted molar refractivity (Wildman–Crippen MR) is 42.2 cm³/mol. The van der Waals surface area contributed by atoms with Gasteiger partial charge in [-0.2, -0.15) is 11.4 Å². The normalized spacial score (nSPS) is 12.2. The van der Waals surface area contributed by atoms with Crippen molar-refractivity contribution in [2.24, 2.45) is 0 Å². The second kappa shape index (κ2) is 4.02. The first kappa shape index (κ1) is 9.70. The fraction of sp³-hybridized carbons (Fsp3) is 0.222. The zero-order valence-corrected chi connectivity index (χ0v) is 9.46. The molecule has 12 heavy (non-hydrogen) atoms. The van der Waals surface area contributed by atoms with Gasteiger partial charge in [-0.1, -0.05) is 12.6 Å². The standard InChI is InChI=1S/C9H7N2.Y/c1-10-9-6-5-7-3-2-4-8(7)11-9;/h4-6H,2-3H2;/q-1;. The Morgan fingerprint density at radius 2 is 2.33 bits per heavy atom. The molecule has 1 aromatic rings. The molecule has 2 nitrogen and oxygen atoms in total. The van der Waals surface area contributed by atoms with Crippen molar-refractivity contribution >= 4 is 5.82 Å². The molecule has 0 unspecified atom stereocenters. The average Bonchev–Trinajstić information content (AvgIpc) is 2.50. The molecule has 1 aliphatic rings. The average molecular weight is 232 g/mol. The van der Waals surface area contributed by atoms with Gasteiger partial charge in [0.15, 0.2) is 0 Å². The van der Waals surface area contributed by atoms with Crippen molar-refractivity contribution in [3.63, 3.8) is 0 Å². The van der Waals surface area contributed by atoms with E-state index in [1.807, 2.05) is 6.07 Å². The fourth-order valence-electron chi connectivity index (χ4n) is 1.31. The molecule has 1 radical (unpaired) electrons. The molecule has 0 aliphatic heterocycles. The summed E-state index contributed by atoms with van der Waals surface area (Å²) in [5, 5.41) is 0. The second-order valence-electron chi connectivity index (χ2n) is 2.57. The molecule has 2 rings (SSSR count). The Morgan fingerprint density at radius 3 is 3.08 bits per heavy atom. The Bertz CT molecular complexity index is 328. The van der Waals surface area contributed by atoms with Gasteiger partial charge in [-0.15, -0.1) is 24.5 Å². The molecule has 0 aromatic carbocycles. The van der Waals surface area contributed by atoms with Crippen molar-refractivity contribution in [2.45, 2.75) is 12.8 Å².